The summed E-state index contributed by atoms with van der Waals surface area (Å²) >= 11 is 1.28. The number of thioether (sulfide) groups is 1. The zero-order valence-corrected chi connectivity index (χ0v) is 13.8. The quantitative estimate of drug-likeness (QED) is 0.631. The molecule has 118 valence electrons. The summed E-state index contributed by atoms with van der Waals surface area (Å²) < 4.78 is 1.31. The lowest BCUT2D eigenvalue weighted by Gasteiger charge is -2.17. The van der Waals surface area contributed by atoms with Crippen molar-refractivity contribution < 1.29 is 4.79 Å². The summed E-state index contributed by atoms with van der Waals surface area (Å²) in [6.45, 7) is 6.11. The molecular weight excluding hydrogens is 298 g/mol. The second-order valence-corrected chi connectivity index (χ2v) is 6.47. The maximum Gasteiger partial charge on any atom is 0.237 e. The Labute approximate surface area is 134 Å². The minimum Gasteiger partial charge on any atom is -0.336 e. The number of para-hydroxylation sites is 1. The Balaban J connectivity index is 2.07. The van der Waals surface area contributed by atoms with Gasteiger partial charge >= 0.3 is 0 Å². The van der Waals surface area contributed by atoms with Crippen molar-refractivity contribution >= 4 is 23.4 Å². The van der Waals surface area contributed by atoms with Gasteiger partial charge < -0.3 is 11.2 Å². The van der Waals surface area contributed by atoms with Gasteiger partial charge in [-0.15, -0.1) is 10.2 Å². The van der Waals surface area contributed by atoms with Crippen molar-refractivity contribution in [3.8, 4) is 0 Å². The molecule has 1 amide bonds. The number of hydrogen-bond donors (Lipinski definition) is 2. The second-order valence-electron chi connectivity index (χ2n) is 5.17. The van der Waals surface area contributed by atoms with Crippen molar-refractivity contribution in [3.63, 3.8) is 0 Å². The zero-order chi connectivity index (χ0) is 16.1. The van der Waals surface area contributed by atoms with E-state index in [4.69, 9.17) is 5.84 Å². The molecule has 2 aromatic rings. The molecule has 0 fully saturated rings. The van der Waals surface area contributed by atoms with Gasteiger partial charge in [-0.25, -0.2) is 4.68 Å². The molecule has 0 saturated carbocycles. The third kappa shape index (κ3) is 3.79. The number of rotatable bonds is 6. The molecule has 6 nitrogen and oxygen atoms in total. The smallest absolute Gasteiger partial charge is 0.237 e. The number of nitrogens with zero attached hydrogens (tertiary/aromatic N) is 3. The van der Waals surface area contributed by atoms with Gasteiger partial charge in [-0.3, -0.25) is 4.79 Å². The van der Waals surface area contributed by atoms with Gasteiger partial charge in [-0.1, -0.05) is 43.8 Å². The lowest BCUT2D eigenvalue weighted by atomic mass is 9.97. The molecule has 0 radical (unpaired) electrons. The maximum absolute atomic E-state index is 12.4. The summed E-state index contributed by atoms with van der Waals surface area (Å²) in [5, 5.41) is 10.8. The largest absolute Gasteiger partial charge is 0.336 e. The Morgan fingerprint density at radius 1 is 1.41 bits per heavy atom. The van der Waals surface area contributed by atoms with Gasteiger partial charge in [0.25, 0.3) is 0 Å². The summed E-state index contributed by atoms with van der Waals surface area (Å²) in [7, 11) is 0. The minimum absolute atomic E-state index is 0.0799. The predicted octanol–water partition coefficient (Wildman–Crippen LogP) is 2.62. The summed E-state index contributed by atoms with van der Waals surface area (Å²) in [5.74, 6) is 5.98. The van der Waals surface area contributed by atoms with Gasteiger partial charge in [-0.2, -0.15) is 0 Å². The number of anilines is 1. The molecule has 1 heterocycles. The van der Waals surface area contributed by atoms with Crippen molar-refractivity contribution in [3.05, 3.63) is 36.2 Å². The zero-order valence-electron chi connectivity index (χ0n) is 13.0. The van der Waals surface area contributed by atoms with Crippen LogP contribution in [0.15, 0.2) is 35.7 Å². The van der Waals surface area contributed by atoms with E-state index in [0.717, 1.165) is 17.7 Å². The molecule has 1 aromatic heterocycles. The molecule has 3 N–H and O–H groups in total. The molecular formula is C15H21N5OS. The normalized spacial score (nSPS) is 13.6. The summed E-state index contributed by atoms with van der Waals surface area (Å²) in [6.07, 6.45) is 2.43. The molecule has 0 bridgehead atoms. The van der Waals surface area contributed by atoms with Crippen molar-refractivity contribution in [2.45, 2.75) is 43.5 Å². The van der Waals surface area contributed by atoms with Crippen molar-refractivity contribution in [2.24, 2.45) is 0 Å². The summed E-state index contributed by atoms with van der Waals surface area (Å²) in [6, 6.07) is 7.91. The number of amides is 1. The third-order valence-corrected chi connectivity index (χ3v) is 4.62. The van der Waals surface area contributed by atoms with Crippen LogP contribution in [0.1, 0.15) is 38.7 Å². The maximum atomic E-state index is 12.4. The highest BCUT2D eigenvalue weighted by atomic mass is 32.2. The molecule has 0 saturated heterocycles. The van der Waals surface area contributed by atoms with Gasteiger partial charge in [0.05, 0.1) is 5.25 Å². The van der Waals surface area contributed by atoms with Gasteiger partial charge in [0.15, 0.2) is 0 Å². The Hall–Kier alpha value is -2.02. The number of hydrogen-bond acceptors (Lipinski definition) is 5. The number of nitrogen functional groups attached to an aromatic ring is 1. The van der Waals surface area contributed by atoms with Crippen LogP contribution >= 0.6 is 11.8 Å². The average molecular weight is 319 g/mol. The molecule has 0 spiro atoms. The molecule has 0 aliphatic heterocycles. The molecule has 22 heavy (non-hydrogen) atoms. The first-order valence-corrected chi connectivity index (χ1v) is 8.12. The Kier molecular flexibility index (Phi) is 5.43. The Morgan fingerprint density at radius 3 is 2.77 bits per heavy atom. The minimum atomic E-state index is -0.323. The molecule has 1 aromatic carbocycles. The third-order valence-electron chi connectivity index (χ3n) is 3.55. The van der Waals surface area contributed by atoms with Crippen LogP contribution in [0.25, 0.3) is 0 Å². The van der Waals surface area contributed by atoms with E-state index in [0.29, 0.717) is 11.1 Å². The first-order chi connectivity index (χ1) is 10.5. The van der Waals surface area contributed by atoms with Crippen molar-refractivity contribution in [2.75, 3.05) is 11.2 Å². The number of carbonyl (C=O) groups is 1. The highest BCUT2D eigenvalue weighted by molar-refractivity contribution is 8.00. The van der Waals surface area contributed by atoms with Crippen molar-refractivity contribution in [1.82, 2.24) is 14.9 Å². The predicted molar refractivity (Wildman–Crippen MR) is 89.3 cm³/mol. The lowest BCUT2D eigenvalue weighted by molar-refractivity contribution is -0.115. The van der Waals surface area contributed by atoms with Crippen LogP contribution in [0, 0.1) is 0 Å². The molecule has 2 atom stereocenters. The Bertz CT molecular complexity index is 642. The first-order valence-electron chi connectivity index (χ1n) is 7.24. The number of nitrogens with one attached hydrogen (secondary N) is 1. The fraction of sp³-hybridized carbons (Fsp3) is 0.400. The van der Waals surface area contributed by atoms with E-state index in [-0.39, 0.29) is 11.2 Å². The first kappa shape index (κ1) is 16.4. The average Bonchev–Trinajstić information content (AvgIpc) is 2.92. The van der Waals surface area contributed by atoms with E-state index in [1.807, 2.05) is 25.1 Å². The van der Waals surface area contributed by atoms with E-state index in [9.17, 15) is 4.79 Å². The topological polar surface area (TPSA) is 85.8 Å². The highest BCUT2D eigenvalue weighted by Crippen LogP contribution is 2.28. The number of carbonyl (C=O) groups excluding carboxylic acids is 1. The molecule has 0 aliphatic rings. The lowest BCUT2D eigenvalue weighted by Crippen LogP contribution is -2.24. The van der Waals surface area contributed by atoms with Gasteiger partial charge in [-0.05, 0) is 30.9 Å². The van der Waals surface area contributed by atoms with Crippen LogP contribution in [0.2, 0.25) is 0 Å². The van der Waals surface area contributed by atoms with Gasteiger partial charge in [0.1, 0.15) is 6.33 Å². The molecule has 0 unspecified atom stereocenters. The summed E-state index contributed by atoms with van der Waals surface area (Å²) in [5.41, 5.74) is 2.01. The summed E-state index contributed by atoms with van der Waals surface area (Å²) in [4.78, 5) is 12.4. The van der Waals surface area contributed by atoms with E-state index in [1.165, 1.54) is 22.8 Å². The van der Waals surface area contributed by atoms with Crippen LogP contribution in [0.3, 0.4) is 0 Å². The van der Waals surface area contributed by atoms with E-state index < -0.39 is 0 Å². The molecule has 2 rings (SSSR count). The standard InChI is InChI=1S/C15H21N5OS/c1-4-10(2)12-7-5-6-8-13(12)18-14(21)11(3)22-15-19-17-9-20(15)16/h5-11H,4,16H2,1-3H3,(H,18,21)/t10-,11+/m0/s1. The SMILES string of the molecule is CC[C@H](C)c1ccccc1NC(=O)[C@@H](C)Sc1nncn1N. The van der Waals surface area contributed by atoms with Crippen LogP contribution < -0.4 is 11.2 Å². The van der Waals surface area contributed by atoms with Crippen LogP contribution in [0.4, 0.5) is 5.69 Å². The van der Waals surface area contributed by atoms with E-state index >= 15 is 0 Å². The Morgan fingerprint density at radius 2 is 2.14 bits per heavy atom. The molecule has 0 aliphatic carbocycles. The van der Waals surface area contributed by atoms with Gasteiger partial charge in [0, 0.05) is 5.69 Å². The van der Waals surface area contributed by atoms with Crippen LogP contribution in [-0.4, -0.2) is 26.0 Å². The second kappa shape index (κ2) is 7.31. The van der Waals surface area contributed by atoms with E-state index in [1.54, 1.807) is 0 Å². The number of nitrogens with two attached hydrogens (primary N) is 1. The molecule has 7 heteroatoms. The number of aromatic nitrogens is 3. The highest BCUT2D eigenvalue weighted by Gasteiger charge is 2.19. The van der Waals surface area contributed by atoms with Crippen molar-refractivity contribution in [1.29, 1.82) is 0 Å². The monoisotopic (exact) mass is 319 g/mol. The van der Waals surface area contributed by atoms with Gasteiger partial charge in [0.2, 0.25) is 11.1 Å². The number of benzene rings is 1. The van der Waals surface area contributed by atoms with E-state index in [2.05, 4.69) is 35.4 Å². The fourth-order valence-electron chi connectivity index (χ4n) is 2.02. The van der Waals surface area contributed by atoms with Crippen LogP contribution in [-0.2, 0) is 4.79 Å². The fourth-order valence-corrected chi connectivity index (χ4v) is 2.77. The van der Waals surface area contributed by atoms with Crippen LogP contribution in [0.5, 0.6) is 0 Å².